The molecular formula is C17H17ClFN. The second-order valence-electron chi connectivity index (χ2n) is 5.66. The number of nitrogens with one attached hydrogen (secondary N) is 1. The van der Waals surface area contributed by atoms with Crippen molar-refractivity contribution in [3.8, 4) is 0 Å². The Hall–Kier alpha value is -1.38. The van der Waals surface area contributed by atoms with E-state index in [-0.39, 0.29) is 11.2 Å². The first kappa shape index (κ1) is 13.6. The Balaban J connectivity index is 1.93. The molecule has 1 nitrogen and oxygen atoms in total. The number of aryl methyl sites for hydroxylation is 1. The molecule has 2 aromatic rings. The molecule has 1 heterocycles. The van der Waals surface area contributed by atoms with Gasteiger partial charge in [-0.2, -0.15) is 0 Å². The summed E-state index contributed by atoms with van der Waals surface area (Å²) in [6, 6.07) is 13.2. The van der Waals surface area contributed by atoms with Crippen LogP contribution in [0.3, 0.4) is 0 Å². The van der Waals surface area contributed by atoms with E-state index in [9.17, 15) is 4.39 Å². The van der Waals surface area contributed by atoms with Gasteiger partial charge in [-0.25, -0.2) is 4.39 Å². The zero-order valence-corrected chi connectivity index (χ0v) is 12.2. The van der Waals surface area contributed by atoms with Crippen LogP contribution in [0.5, 0.6) is 0 Å². The standard InChI is InChI=1S/C17H17ClFN/c1-12-2-4-14(5-3-12)17(10-20-11-17)9-13-8-15(19)6-7-16(13)18/h2-8,20H,9-11H2,1H3. The Labute approximate surface area is 123 Å². The van der Waals surface area contributed by atoms with Crippen molar-refractivity contribution in [3.63, 3.8) is 0 Å². The first-order chi connectivity index (χ1) is 9.59. The predicted molar refractivity (Wildman–Crippen MR) is 80.8 cm³/mol. The van der Waals surface area contributed by atoms with Gasteiger partial charge in [0.2, 0.25) is 0 Å². The average molecular weight is 290 g/mol. The molecule has 0 bridgehead atoms. The SMILES string of the molecule is Cc1ccc(C2(Cc3cc(F)ccc3Cl)CNC2)cc1. The lowest BCUT2D eigenvalue weighted by molar-refractivity contribution is 0.274. The van der Waals surface area contributed by atoms with E-state index >= 15 is 0 Å². The van der Waals surface area contributed by atoms with E-state index in [2.05, 4.69) is 36.5 Å². The highest BCUT2D eigenvalue weighted by Gasteiger charge is 2.39. The van der Waals surface area contributed by atoms with Crippen LogP contribution in [-0.4, -0.2) is 13.1 Å². The van der Waals surface area contributed by atoms with Gasteiger partial charge in [-0.3, -0.25) is 0 Å². The van der Waals surface area contributed by atoms with E-state index in [1.807, 2.05) is 0 Å². The Morgan fingerprint density at radius 3 is 2.45 bits per heavy atom. The molecular weight excluding hydrogens is 273 g/mol. The topological polar surface area (TPSA) is 12.0 Å². The summed E-state index contributed by atoms with van der Waals surface area (Å²) in [6.45, 7) is 3.89. The minimum absolute atomic E-state index is 0.0329. The fourth-order valence-corrected chi connectivity index (χ4v) is 2.99. The van der Waals surface area contributed by atoms with Crippen molar-refractivity contribution in [2.24, 2.45) is 0 Å². The molecule has 1 saturated heterocycles. The maximum Gasteiger partial charge on any atom is 0.123 e. The second kappa shape index (κ2) is 5.19. The fourth-order valence-electron chi connectivity index (χ4n) is 2.81. The molecule has 0 atom stereocenters. The summed E-state index contributed by atoms with van der Waals surface area (Å²) in [5, 5.41) is 3.98. The molecule has 0 unspecified atom stereocenters. The number of hydrogen-bond acceptors (Lipinski definition) is 1. The van der Waals surface area contributed by atoms with Gasteiger partial charge < -0.3 is 5.32 Å². The number of rotatable bonds is 3. The van der Waals surface area contributed by atoms with E-state index in [0.29, 0.717) is 5.02 Å². The number of halogens is 2. The van der Waals surface area contributed by atoms with E-state index < -0.39 is 0 Å². The lowest BCUT2D eigenvalue weighted by atomic mass is 9.71. The molecule has 3 rings (SSSR count). The molecule has 1 aliphatic heterocycles. The Morgan fingerprint density at radius 2 is 1.85 bits per heavy atom. The van der Waals surface area contributed by atoms with Crippen LogP contribution in [0.2, 0.25) is 5.02 Å². The summed E-state index contributed by atoms with van der Waals surface area (Å²) in [6.07, 6.45) is 0.764. The van der Waals surface area contributed by atoms with Crippen LogP contribution in [0.4, 0.5) is 4.39 Å². The van der Waals surface area contributed by atoms with Crippen molar-refractivity contribution in [2.45, 2.75) is 18.8 Å². The van der Waals surface area contributed by atoms with Crippen LogP contribution in [0.15, 0.2) is 42.5 Å². The lowest BCUT2D eigenvalue weighted by Crippen LogP contribution is -2.58. The van der Waals surface area contributed by atoms with E-state index in [0.717, 1.165) is 25.1 Å². The Kier molecular flexibility index (Phi) is 3.53. The third kappa shape index (κ3) is 2.46. The zero-order chi connectivity index (χ0) is 14.2. The highest BCUT2D eigenvalue weighted by Crippen LogP contribution is 2.34. The molecule has 0 aromatic heterocycles. The number of hydrogen-bond donors (Lipinski definition) is 1. The summed E-state index contributed by atoms with van der Waals surface area (Å²) in [5.74, 6) is -0.226. The lowest BCUT2D eigenvalue weighted by Gasteiger charge is -2.43. The first-order valence-electron chi connectivity index (χ1n) is 6.81. The van der Waals surface area contributed by atoms with Gasteiger partial charge in [0.1, 0.15) is 5.82 Å². The van der Waals surface area contributed by atoms with Crippen molar-refractivity contribution in [3.05, 3.63) is 70.0 Å². The van der Waals surface area contributed by atoms with Crippen molar-refractivity contribution in [1.29, 1.82) is 0 Å². The highest BCUT2D eigenvalue weighted by atomic mass is 35.5. The molecule has 20 heavy (non-hydrogen) atoms. The van der Waals surface area contributed by atoms with Crippen molar-refractivity contribution < 1.29 is 4.39 Å². The van der Waals surface area contributed by atoms with E-state index in [1.165, 1.54) is 17.2 Å². The summed E-state index contributed by atoms with van der Waals surface area (Å²) < 4.78 is 13.4. The third-order valence-corrected chi connectivity index (χ3v) is 4.50. The molecule has 0 radical (unpaired) electrons. The van der Waals surface area contributed by atoms with Crippen molar-refractivity contribution in [1.82, 2.24) is 5.32 Å². The zero-order valence-electron chi connectivity index (χ0n) is 11.4. The normalized spacial score (nSPS) is 16.8. The van der Waals surface area contributed by atoms with Gasteiger partial charge in [0.25, 0.3) is 0 Å². The van der Waals surface area contributed by atoms with Crippen LogP contribution in [0.25, 0.3) is 0 Å². The largest absolute Gasteiger partial charge is 0.315 e. The van der Waals surface area contributed by atoms with Gasteiger partial charge in [-0.15, -0.1) is 0 Å². The van der Waals surface area contributed by atoms with Crippen LogP contribution in [-0.2, 0) is 11.8 Å². The van der Waals surface area contributed by atoms with Crippen LogP contribution < -0.4 is 5.32 Å². The Morgan fingerprint density at radius 1 is 1.15 bits per heavy atom. The summed E-state index contributed by atoms with van der Waals surface area (Å²) in [7, 11) is 0. The molecule has 0 amide bonds. The molecule has 0 spiro atoms. The van der Waals surface area contributed by atoms with Gasteiger partial charge in [0, 0.05) is 23.5 Å². The highest BCUT2D eigenvalue weighted by molar-refractivity contribution is 6.31. The molecule has 0 saturated carbocycles. The average Bonchev–Trinajstić information content (AvgIpc) is 2.39. The van der Waals surface area contributed by atoms with Gasteiger partial charge in [-0.1, -0.05) is 41.4 Å². The molecule has 3 heteroatoms. The number of benzene rings is 2. The summed E-state index contributed by atoms with van der Waals surface area (Å²) in [4.78, 5) is 0. The smallest absolute Gasteiger partial charge is 0.123 e. The molecule has 0 aliphatic carbocycles. The Bertz CT molecular complexity index is 617. The summed E-state index contributed by atoms with van der Waals surface area (Å²) >= 11 is 6.21. The molecule has 1 aliphatic rings. The van der Waals surface area contributed by atoms with Crippen LogP contribution in [0.1, 0.15) is 16.7 Å². The van der Waals surface area contributed by atoms with E-state index in [4.69, 9.17) is 11.6 Å². The van der Waals surface area contributed by atoms with Crippen LogP contribution in [0, 0.1) is 12.7 Å². The predicted octanol–water partition coefficient (Wildman–Crippen LogP) is 3.87. The van der Waals surface area contributed by atoms with Gasteiger partial charge in [0.05, 0.1) is 0 Å². The summed E-state index contributed by atoms with van der Waals surface area (Å²) in [5.41, 5.74) is 3.46. The molecule has 1 N–H and O–H groups in total. The second-order valence-corrected chi connectivity index (χ2v) is 6.07. The van der Waals surface area contributed by atoms with Gasteiger partial charge in [-0.05, 0) is 42.7 Å². The first-order valence-corrected chi connectivity index (χ1v) is 7.19. The van der Waals surface area contributed by atoms with Gasteiger partial charge >= 0.3 is 0 Å². The fraction of sp³-hybridized carbons (Fsp3) is 0.294. The maximum absolute atomic E-state index is 13.4. The third-order valence-electron chi connectivity index (χ3n) is 4.13. The minimum atomic E-state index is -0.226. The van der Waals surface area contributed by atoms with E-state index in [1.54, 1.807) is 12.1 Å². The van der Waals surface area contributed by atoms with Crippen molar-refractivity contribution in [2.75, 3.05) is 13.1 Å². The quantitative estimate of drug-likeness (QED) is 0.904. The minimum Gasteiger partial charge on any atom is -0.315 e. The molecule has 1 fully saturated rings. The monoisotopic (exact) mass is 289 g/mol. The molecule has 2 aromatic carbocycles. The van der Waals surface area contributed by atoms with Gasteiger partial charge in [0.15, 0.2) is 0 Å². The molecule has 104 valence electrons. The van der Waals surface area contributed by atoms with Crippen LogP contribution >= 0.6 is 11.6 Å². The van der Waals surface area contributed by atoms with Crippen molar-refractivity contribution >= 4 is 11.6 Å². The maximum atomic E-state index is 13.4.